The topological polar surface area (TPSA) is 52.6 Å². The molecule has 0 aliphatic carbocycles. The second kappa shape index (κ2) is 10.6. The summed E-state index contributed by atoms with van der Waals surface area (Å²) in [6, 6.07) is 0. The van der Waals surface area contributed by atoms with Gasteiger partial charge in [-0.2, -0.15) is 0 Å². The lowest BCUT2D eigenvalue weighted by molar-refractivity contribution is -0.143. The zero-order chi connectivity index (χ0) is 19.8. The standard InChI is InChI=1S/C21H38O4/c1-14(2)10-17(19(22)24-12-15(3)4)18(11-21(7,8)9)20(23)25-13-16(5)6/h14-16H,10-13H2,1-9H3. The summed E-state index contributed by atoms with van der Waals surface area (Å²) in [5, 5.41) is 0. The van der Waals surface area contributed by atoms with E-state index >= 15 is 0 Å². The van der Waals surface area contributed by atoms with Crippen molar-refractivity contribution >= 4 is 11.9 Å². The van der Waals surface area contributed by atoms with Crippen LogP contribution in [0.15, 0.2) is 11.1 Å². The van der Waals surface area contributed by atoms with Crippen LogP contribution in [0.2, 0.25) is 0 Å². The van der Waals surface area contributed by atoms with Crippen LogP contribution in [0.1, 0.15) is 75.2 Å². The predicted octanol–water partition coefficient (Wildman–Crippen LogP) is 5.16. The van der Waals surface area contributed by atoms with Gasteiger partial charge in [-0.15, -0.1) is 0 Å². The van der Waals surface area contributed by atoms with Crippen molar-refractivity contribution in [2.45, 2.75) is 75.2 Å². The molecule has 0 bridgehead atoms. The van der Waals surface area contributed by atoms with E-state index in [9.17, 15) is 9.59 Å². The first-order valence-electron chi connectivity index (χ1n) is 9.39. The molecular weight excluding hydrogens is 316 g/mol. The van der Waals surface area contributed by atoms with Crippen LogP contribution in [0, 0.1) is 23.2 Å². The minimum absolute atomic E-state index is 0.132. The van der Waals surface area contributed by atoms with E-state index in [0.29, 0.717) is 37.2 Å². The molecule has 0 aromatic rings. The maximum atomic E-state index is 12.7. The molecule has 0 unspecified atom stereocenters. The number of ether oxygens (including phenoxy) is 2. The van der Waals surface area contributed by atoms with Crippen molar-refractivity contribution in [3.63, 3.8) is 0 Å². The highest BCUT2D eigenvalue weighted by Crippen LogP contribution is 2.30. The third-order valence-corrected chi connectivity index (χ3v) is 3.27. The lowest BCUT2D eigenvalue weighted by Gasteiger charge is -2.23. The predicted molar refractivity (Wildman–Crippen MR) is 102 cm³/mol. The second-order valence-electron chi connectivity index (χ2n) is 9.28. The zero-order valence-corrected chi connectivity index (χ0v) is 17.7. The molecule has 0 N–H and O–H groups in total. The second-order valence-corrected chi connectivity index (χ2v) is 9.28. The highest BCUT2D eigenvalue weighted by molar-refractivity contribution is 6.00. The molecule has 0 aromatic carbocycles. The molecule has 0 fully saturated rings. The van der Waals surface area contributed by atoms with Gasteiger partial charge in [-0.05, 0) is 36.0 Å². The minimum atomic E-state index is -0.388. The van der Waals surface area contributed by atoms with E-state index < -0.39 is 0 Å². The summed E-state index contributed by atoms with van der Waals surface area (Å²) in [5.41, 5.74) is 0.808. The summed E-state index contributed by atoms with van der Waals surface area (Å²) in [5.74, 6) is -0.0251. The van der Waals surface area contributed by atoms with Crippen molar-refractivity contribution in [3.05, 3.63) is 11.1 Å². The molecule has 0 atom stereocenters. The van der Waals surface area contributed by atoms with E-state index in [1.807, 2.05) is 41.5 Å². The first-order chi connectivity index (χ1) is 11.3. The number of rotatable bonds is 9. The fourth-order valence-corrected chi connectivity index (χ4v) is 2.23. The van der Waals surface area contributed by atoms with Gasteiger partial charge in [-0.25, -0.2) is 9.59 Å². The molecule has 0 aliphatic heterocycles. The lowest BCUT2D eigenvalue weighted by atomic mass is 9.84. The molecule has 0 aliphatic rings. The van der Waals surface area contributed by atoms with Gasteiger partial charge in [-0.1, -0.05) is 62.3 Å². The molecule has 25 heavy (non-hydrogen) atoms. The number of hydrogen-bond donors (Lipinski definition) is 0. The minimum Gasteiger partial charge on any atom is -0.462 e. The van der Waals surface area contributed by atoms with E-state index in [-0.39, 0.29) is 35.1 Å². The maximum absolute atomic E-state index is 12.7. The molecule has 0 aromatic heterocycles. The molecule has 0 spiro atoms. The molecule has 0 radical (unpaired) electrons. The van der Waals surface area contributed by atoms with Crippen LogP contribution in [0.25, 0.3) is 0 Å². The normalized spacial score (nSPS) is 13.3. The van der Waals surface area contributed by atoms with Crippen molar-refractivity contribution in [2.24, 2.45) is 23.2 Å². The number of esters is 2. The Labute approximate surface area is 154 Å². The van der Waals surface area contributed by atoms with Gasteiger partial charge in [0.05, 0.1) is 13.2 Å². The zero-order valence-electron chi connectivity index (χ0n) is 17.7. The van der Waals surface area contributed by atoms with Crippen LogP contribution in [-0.4, -0.2) is 25.2 Å². The van der Waals surface area contributed by atoms with Gasteiger partial charge < -0.3 is 9.47 Å². The van der Waals surface area contributed by atoms with Crippen molar-refractivity contribution < 1.29 is 19.1 Å². The van der Waals surface area contributed by atoms with Gasteiger partial charge in [0.1, 0.15) is 0 Å². The van der Waals surface area contributed by atoms with Crippen LogP contribution in [0.3, 0.4) is 0 Å². The molecule has 0 rings (SSSR count). The smallest absolute Gasteiger partial charge is 0.334 e. The first-order valence-corrected chi connectivity index (χ1v) is 9.39. The van der Waals surface area contributed by atoms with Crippen LogP contribution >= 0.6 is 0 Å². The third kappa shape index (κ3) is 11.0. The Hall–Kier alpha value is -1.32. The Morgan fingerprint density at radius 3 is 1.44 bits per heavy atom. The van der Waals surface area contributed by atoms with Crippen molar-refractivity contribution in [1.29, 1.82) is 0 Å². The Balaban J connectivity index is 5.76. The summed E-state index contributed by atoms with van der Waals surface area (Å²) in [7, 11) is 0. The number of hydrogen-bond acceptors (Lipinski definition) is 4. The summed E-state index contributed by atoms with van der Waals surface area (Å²) in [6.45, 7) is 18.9. The van der Waals surface area contributed by atoms with Gasteiger partial charge in [0.2, 0.25) is 0 Å². The van der Waals surface area contributed by atoms with Gasteiger partial charge in [0, 0.05) is 11.1 Å². The van der Waals surface area contributed by atoms with E-state index in [0.717, 1.165) is 0 Å². The van der Waals surface area contributed by atoms with E-state index in [4.69, 9.17) is 9.47 Å². The highest BCUT2D eigenvalue weighted by atomic mass is 16.5. The Morgan fingerprint density at radius 2 is 1.12 bits per heavy atom. The summed E-state index contributed by atoms with van der Waals surface area (Å²) in [4.78, 5) is 25.4. The summed E-state index contributed by atoms with van der Waals surface area (Å²) < 4.78 is 10.9. The van der Waals surface area contributed by atoms with Crippen molar-refractivity contribution in [1.82, 2.24) is 0 Å². The van der Waals surface area contributed by atoms with Gasteiger partial charge in [0.25, 0.3) is 0 Å². The fourth-order valence-electron chi connectivity index (χ4n) is 2.23. The van der Waals surface area contributed by atoms with Crippen LogP contribution in [0.4, 0.5) is 0 Å². The first kappa shape index (κ1) is 23.7. The van der Waals surface area contributed by atoms with E-state index in [2.05, 4.69) is 20.8 Å². The monoisotopic (exact) mass is 354 g/mol. The Bertz CT molecular complexity index is 465. The molecule has 4 nitrogen and oxygen atoms in total. The van der Waals surface area contributed by atoms with Crippen LogP contribution in [-0.2, 0) is 19.1 Å². The molecular formula is C21H38O4. The van der Waals surface area contributed by atoms with Crippen molar-refractivity contribution in [2.75, 3.05) is 13.2 Å². The average Bonchev–Trinajstić information content (AvgIpc) is 2.44. The quantitative estimate of drug-likeness (QED) is 0.424. The SMILES string of the molecule is CC(C)COC(=O)C(CC(C)C)=C(CC(C)(C)C)C(=O)OCC(C)C. The fraction of sp³-hybridized carbons (Fsp3) is 0.810. The number of carbonyl (C=O) groups excluding carboxylic acids is 2. The summed E-state index contributed by atoms with van der Waals surface area (Å²) >= 11 is 0. The van der Waals surface area contributed by atoms with E-state index in [1.54, 1.807) is 0 Å². The van der Waals surface area contributed by atoms with Crippen molar-refractivity contribution in [3.8, 4) is 0 Å². The van der Waals surface area contributed by atoms with Gasteiger partial charge >= 0.3 is 11.9 Å². The molecule has 0 saturated heterocycles. The Morgan fingerprint density at radius 1 is 0.720 bits per heavy atom. The highest BCUT2D eigenvalue weighted by Gasteiger charge is 2.28. The van der Waals surface area contributed by atoms with Crippen LogP contribution in [0.5, 0.6) is 0 Å². The average molecular weight is 355 g/mol. The third-order valence-electron chi connectivity index (χ3n) is 3.27. The molecule has 0 heterocycles. The molecule has 0 amide bonds. The largest absolute Gasteiger partial charge is 0.462 e. The molecule has 4 heteroatoms. The maximum Gasteiger partial charge on any atom is 0.334 e. The van der Waals surface area contributed by atoms with Gasteiger partial charge in [0.15, 0.2) is 0 Å². The van der Waals surface area contributed by atoms with Crippen LogP contribution < -0.4 is 0 Å². The molecule has 146 valence electrons. The molecule has 0 saturated carbocycles. The lowest BCUT2D eigenvalue weighted by Crippen LogP contribution is -2.23. The number of carbonyl (C=O) groups is 2. The Kier molecular flexibility index (Phi) is 10.1. The summed E-state index contributed by atoms with van der Waals surface area (Å²) in [6.07, 6.45) is 1.00. The van der Waals surface area contributed by atoms with E-state index in [1.165, 1.54) is 0 Å². The van der Waals surface area contributed by atoms with Gasteiger partial charge in [-0.3, -0.25) is 0 Å².